The molecule has 0 saturated heterocycles. The number of nitrogens with one attached hydrogen (secondary N) is 1. The fraction of sp³-hybridized carbons (Fsp3) is 0.516. The molecule has 2 heterocycles. The van der Waals surface area contributed by atoms with Gasteiger partial charge in [-0.25, -0.2) is 9.19 Å². The van der Waals surface area contributed by atoms with Crippen LogP contribution in [0.15, 0.2) is 34.7 Å². The van der Waals surface area contributed by atoms with Crippen LogP contribution in [-0.4, -0.2) is 50.1 Å². The van der Waals surface area contributed by atoms with E-state index in [0.717, 1.165) is 29.5 Å². The number of rotatable bonds is 13. The molecule has 0 spiro atoms. The van der Waals surface area contributed by atoms with Crippen molar-refractivity contribution >= 4 is 34.2 Å². The quantitative estimate of drug-likeness (QED) is 0.187. The van der Waals surface area contributed by atoms with Gasteiger partial charge in [-0.2, -0.15) is 4.31 Å². The molecule has 1 unspecified atom stereocenters. The fourth-order valence-corrected chi connectivity index (χ4v) is 5.34. The molecule has 222 valence electrons. The number of aryl methyl sites for hydroxylation is 1. The third-order valence-corrected chi connectivity index (χ3v) is 8.19. The summed E-state index contributed by atoms with van der Waals surface area (Å²) in [6.07, 6.45) is 3.02. The zero-order valence-electron chi connectivity index (χ0n) is 24.8. The number of nitrogens with zero attached hydrogens (tertiary/aromatic N) is 2. The van der Waals surface area contributed by atoms with Crippen molar-refractivity contribution in [2.75, 3.05) is 20.2 Å². The van der Waals surface area contributed by atoms with Crippen LogP contribution < -0.4 is 5.32 Å². The number of fused-ring (bicyclic) bond motifs is 1. The first kappa shape index (κ1) is 30.9. The molecule has 1 saturated carbocycles. The lowest BCUT2D eigenvalue weighted by atomic mass is 9.88. The minimum Gasteiger partial charge on any atom is -0.465 e. The molecule has 2 N–H and O–H groups in total. The highest BCUT2D eigenvalue weighted by atomic mass is 32.2. The summed E-state index contributed by atoms with van der Waals surface area (Å²) in [4.78, 5) is 30.4. The second-order valence-corrected chi connectivity index (χ2v) is 13.0. The van der Waals surface area contributed by atoms with Crippen LogP contribution in [0.2, 0.25) is 0 Å². The van der Waals surface area contributed by atoms with Crippen molar-refractivity contribution in [3.63, 3.8) is 0 Å². The van der Waals surface area contributed by atoms with Crippen molar-refractivity contribution in [1.29, 1.82) is 0 Å². The average Bonchev–Trinajstić information content (AvgIpc) is 3.70. The first-order valence-corrected chi connectivity index (χ1v) is 15.3. The van der Waals surface area contributed by atoms with E-state index < -0.39 is 16.7 Å². The number of benzene rings is 1. The van der Waals surface area contributed by atoms with E-state index in [2.05, 4.69) is 5.32 Å². The van der Waals surface area contributed by atoms with Crippen LogP contribution in [0.3, 0.4) is 0 Å². The molecule has 2 aromatic heterocycles. The summed E-state index contributed by atoms with van der Waals surface area (Å²) in [5.74, 6) is 0.450. The zero-order valence-corrected chi connectivity index (χ0v) is 25.6. The zero-order chi connectivity index (χ0) is 29.9. The normalized spacial score (nSPS) is 14.6. The van der Waals surface area contributed by atoms with Crippen LogP contribution in [0.4, 0.5) is 0 Å². The molecule has 0 aliphatic heterocycles. The molecule has 1 amide bonds. The summed E-state index contributed by atoms with van der Waals surface area (Å²) in [5, 5.41) is 3.35. The molecule has 3 aromatic rings. The van der Waals surface area contributed by atoms with Crippen LogP contribution in [-0.2, 0) is 27.3 Å². The van der Waals surface area contributed by atoms with E-state index in [0.29, 0.717) is 54.1 Å². The predicted octanol–water partition coefficient (Wildman–Crippen LogP) is 5.98. The molecule has 0 radical (unpaired) electrons. The van der Waals surface area contributed by atoms with Gasteiger partial charge in [-0.15, -0.1) is 0 Å². The van der Waals surface area contributed by atoms with Gasteiger partial charge >= 0.3 is 5.97 Å². The number of amides is 1. The van der Waals surface area contributed by atoms with Crippen LogP contribution in [0, 0.1) is 18.3 Å². The van der Waals surface area contributed by atoms with Crippen molar-refractivity contribution < 1.29 is 27.5 Å². The van der Waals surface area contributed by atoms with E-state index in [9.17, 15) is 18.4 Å². The number of esters is 1. The Labute approximate surface area is 244 Å². The second kappa shape index (κ2) is 12.8. The summed E-state index contributed by atoms with van der Waals surface area (Å²) in [6, 6.07) is 9.72. The van der Waals surface area contributed by atoms with E-state index in [1.165, 1.54) is 4.31 Å². The smallest absolute Gasteiger partial charge is 0.311 e. The second-order valence-electron chi connectivity index (χ2n) is 12.0. The SMILES string of the molecule is CNC(=O)c1c(-c2ccc(C)cc2)oc2nc(CN(CCCC(C)(C)C(=O)OCC(C)C)S(=O)O)c(C3CC3)cc12. The molecule has 4 rings (SSSR count). The number of hydrogen-bond donors (Lipinski definition) is 2. The number of furan rings is 1. The molecule has 0 bridgehead atoms. The minimum atomic E-state index is -2.24. The first-order valence-electron chi connectivity index (χ1n) is 14.2. The molecule has 1 aromatic carbocycles. The number of hydrogen-bond acceptors (Lipinski definition) is 6. The van der Waals surface area contributed by atoms with Crippen molar-refractivity contribution in [1.82, 2.24) is 14.6 Å². The maximum atomic E-state index is 13.0. The third kappa shape index (κ3) is 7.42. The standard InChI is InChI=1S/C31H41N3O6S/c1-19(2)18-39-30(36)31(4,5)14-7-15-34(41(37)38)17-25-23(21-12-13-21)16-24-26(28(35)32-6)27(40-29(24)33-25)22-10-8-20(3)9-11-22/h8-11,16,19,21H,7,12-15,17-18H2,1-6H3,(H,32,35)(H,37,38). The largest absolute Gasteiger partial charge is 0.465 e. The number of carbonyl (C=O) groups excluding carboxylic acids is 2. The lowest BCUT2D eigenvalue weighted by Gasteiger charge is -2.25. The molecule has 1 atom stereocenters. The topological polar surface area (TPSA) is 122 Å². The number of ether oxygens (including phenoxy) is 1. The van der Waals surface area contributed by atoms with Crippen LogP contribution >= 0.6 is 0 Å². The molecular weight excluding hydrogens is 542 g/mol. The van der Waals surface area contributed by atoms with E-state index in [-0.39, 0.29) is 30.3 Å². The van der Waals surface area contributed by atoms with Crippen molar-refractivity contribution in [2.45, 2.75) is 72.8 Å². The van der Waals surface area contributed by atoms with Gasteiger partial charge in [0, 0.05) is 19.2 Å². The highest BCUT2D eigenvalue weighted by Gasteiger charge is 2.32. The van der Waals surface area contributed by atoms with Crippen molar-refractivity contribution in [2.24, 2.45) is 11.3 Å². The summed E-state index contributed by atoms with van der Waals surface area (Å²) >= 11 is -2.24. The number of aromatic nitrogens is 1. The van der Waals surface area contributed by atoms with E-state index in [4.69, 9.17) is 14.1 Å². The summed E-state index contributed by atoms with van der Waals surface area (Å²) in [7, 11) is 1.59. The van der Waals surface area contributed by atoms with E-state index >= 15 is 0 Å². The number of pyridine rings is 1. The lowest BCUT2D eigenvalue weighted by molar-refractivity contribution is -0.155. The molecule has 1 aliphatic rings. The van der Waals surface area contributed by atoms with Gasteiger partial charge in [0.25, 0.3) is 5.91 Å². The summed E-state index contributed by atoms with van der Waals surface area (Å²) in [5.41, 5.74) is 3.53. The Kier molecular flexibility index (Phi) is 9.66. The van der Waals surface area contributed by atoms with Crippen molar-refractivity contribution in [3.8, 4) is 11.3 Å². The molecule has 10 heteroatoms. The Hall–Kier alpha value is -3.08. The van der Waals surface area contributed by atoms with Gasteiger partial charge in [0.05, 0.1) is 35.2 Å². The maximum Gasteiger partial charge on any atom is 0.311 e. The highest BCUT2D eigenvalue weighted by molar-refractivity contribution is 7.76. The highest BCUT2D eigenvalue weighted by Crippen LogP contribution is 2.44. The molecule has 1 fully saturated rings. The molecular formula is C31H41N3O6S. The van der Waals surface area contributed by atoms with Crippen molar-refractivity contribution in [3.05, 3.63) is 52.7 Å². The van der Waals surface area contributed by atoms with Gasteiger partial charge in [-0.05, 0) is 69.9 Å². The lowest BCUT2D eigenvalue weighted by Crippen LogP contribution is -2.31. The van der Waals surface area contributed by atoms with Crippen LogP contribution in [0.5, 0.6) is 0 Å². The van der Waals surface area contributed by atoms with Gasteiger partial charge in [0.2, 0.25) is 17.0 Å². The first-order chi connectivity index (χ1) is 19.4. The van der Waals surface area contributed by atoms with Gasteiger partial charge in [-0.1, -0.05) is 43.7 Å². The summed E-state index contributed by atoms with van der Waals surface area (Å²) < 4.78 is 35.6. The maximum absolute atomic E-state index is 13.0. The van der Waals surface area contributed by atoms with E-state index in [1.54, 1.807) is 7.05 Å². The van der Waals surface area contributed by atoms with Gasteiger partial charge < -0.3 is 14.5 Å². The van der Waals surface area contributed by atoms with E-state index in [1.807, 2.05) is 65.0 Å². The van der Waals surface area contributed by atoms with Gasteiger partial charge in [-0.3, -0.25) is 14.1 Å². The molecule has 9 nitrogen and oxygen atoms in total. The molecule has 41 heavy (non-hydrogen) atoms. The van der Waals surface area contributed by atoms with Crippen LogP contribution in [0.25, 0.3) is 22.4 Å². The average molecular weight is 584 g/mol. The predicted molar refractivity (Wildman–Crippen MR) is 160 cm³/mol. The van der Waals surface area contributed by atoms with Crippen LogP contribution in [0.1, 0.15) is 86.5 Å². The Balaban J connectivity index is 1.61. The monoisotopic (exact) mass is 583 g/mol. The Morgan fingerprint density at radius 2 is 1.93 bits per heavy atom. The Morgan fingerprint density at radius 3 is 2.51 bits per heavy atom. The Bertz CT molecular complexity index is 1430. The number of carbonyl (C=O) groups is 2. The van der Waals surface area contributed by atoms with Gasteiger partial charge in [0.1, 0.15) is 5.76 Å². The fourth-order valence-electron chi connectivity index (χ4n) is 4.82. The minimum absolute atomic E-state index is 0.138. The van der Waals surface area contributed by atoms with Gasteiger partial charge in [0.15, 0.2) is 0 Å². The Morgan fingerprint density at radius 1 is 1.24 bits per heavy atom. The third-order valence-electron chi connectivity index (χ3n) is 7.44. The summed E-state index contributed by atoms with van der Waals surface area (Å²) in [6.45, 7) is 10.4. The molecule has 1 aliphatic carbocycles.